The van der Waals surface area contributed by atoms with Crippen LogP contribution < -0.4 is 5.32 Å². The van der Waals surface area contributed by atoms with Gasteiger partial charge in [0.2, 0.25) is 16.2 Å². The number of carbonyl (C=O) groups excluding carboxylic acids is 1. The third-order valence-electron chi connectivity index (χ3n) is 2.96. The Labute approximate surface area is 150 Å². The summed E-state index contributed by atoms with van der Waals surface area (Å²) < 4.78 is 0. The molecule has 1 aromatic carbocycles. The SMILES string of the molecule is O=C(Cc1ccccc1)Nc1nnc(/N=C/c2ccc([N+](=O)[O-])s2)s1. The predicted molar refractivity (Wildman–Crippen MR) is 96.9 cm³/mol. The smallest absolute Gasteiger partial charge is 0.300 e. The van der Waals surface area contributed by atoms with Crippen LogP contribution >= 0.6 is 22.7 Å². The summed E-state index contributed by atoms with van der Waals surface area (Å²) in [5.74, 6) is -0.188. The zero-order valence-corrected chi connectivity index (χ0v) is 14.3. The number of rotatable bonds is 6. The molecule has 0 aliphatic carbocycles. The molecule has 0 radical (unpaired) electrons. The summed E-state index contributed by atoms with van der Waals surface area (Å²) in [5, 5.41) is 21.8. The first-order valence-electron chi connectivity index (χ1n) is 7.06. The van der Waals surface area contributed by atoms with E-state index in [1.54, 1.807) is 6.07 Å². The van der Waals surface area contributed by atoms with Crippen LogP contribution in [0.3, 0.4) is 0 Å². The lowest BCUT2D eigenvalue weighted by molar-refractivity contribution is -0.380. The Bertz CT molecular complexity index is 920. The van der Waals surface area contributed by atoms with Gasteiger partial charge < -0.3 is 5.32 Å². The van der Waals surface area contributed by atoms with Gasteiger partial charge in [0, 0.05) is 12.3 Å². The molecule has 0 atom stereocenters. The number of nitrogens with one attached hydrogen (secondary N) is 1. The van der Waals surface area contributed by atoms with Gasteiger partial charge in [-0.15, -0.1) is 10.2 Å². The van der Waals surface area contributed by atoms with Gasteiger partial charge in [-0.05, 0) is 11.6 Å². The summed E-state index contributed by atoms with van der Waals surface area (Å²) in [7, 11) is 0. The summed E-state index contributed by atoms with van der Waals surface area (Å²) in [6.07, 6.45) is 1.73. The van der Waals surface area contributed by atoms with Crippen molar-refractivity contribution < 1.29 is 9.72 Å². The van der Waals surface area contributed by atoms with Crippen LogP contribution in [0.2, 0.25) is 0 Å². The van der Waals surface area contributed by atoms with E-state index in [1.165, 1.54) is 12.3 Å². The van der Waals surface area contributed by atoms with E-state index in [-0.39, 0.29) is 17.3 Å². The molecule has 3 rings (SSSR count). The monoisotopic (exact) mass is 373 g/mol. The Morgan fingerprint density at radius 3 is 2.72 bits per heavy atom. The van der Waals surface area contributed by atoms with Gasteiger partial charge in [-0.25, -0.2) is 4.99 Å². The van der Waals surface area contributed by atoms with E-state index >= 15 is 0 Å². The quantitative estimate of drug-likeness (QED) is 0.404. The molecule has 3 aromatic rings. The van der Waals surface area contributed by atoms with Gasteiger partial charge in [-0.1, -0.05) is 53.0 Å². The molecule has 0 unspecified atom stereocenters. The van der Waals surface area contributed by atoms with E-state index in [4.69, 9.17) is 0 Å². The molecule has 1 N–H and O–H groups in total. The van der Waals surface area contributed by atoms with Crippen LogP contribution in [0.5, 0.6) is 0 Å². The van der Waals surface area contributed by atoms with Crippen molar-refractivity contribution in [3.63, 3.8) is 0 Å². The van der Waals surface area contributed by atoms with Crippen LogP contribution in [0.1, 0.15) is 10.4 Å². The molecule has 0 aliphatic heterocycles. The van der Waals surface area contributed by atoms with Crippen LogP contribution in [-0.4, -0.2) is 27.2 Å². The molecule has 1 amide bonds. The van der Waals surface area contributed by atoms with Crippen LogP contribution in [0.4, 0.5) is 15.3 Å². The highest BCUT2D eigenvalue weighted by Gasteiger charge is 2.10. The van der Waals surface area contributed by atoms with Gasteiger partial charge in [0.1, 0.15) is 0 Å². The second kappa shape index (κ2) is 7.73. The molecule has 0 aliphatic rings. The maximum absolute atomic E-state index is 12.0. The molecule has 2 aromatic heterocycles. The summed E-state index contributed by atoms with van der Waals surface area (Å²) in [4.78, 5) is 26.9. The minimum Gasteiger partial charge on any atom is -0.300 e. The number of carbonyl (C=O) groups is 1. The lowest BCUT2D eigenvalue weighted by atomic mass is 10.1. The summed E-state index contributed by atoms with van der Waals surface area (Å²) in [6, 6.07) is 12.4. The first kappa shape index (κ1) is 16.9. The van der Waals surface area contributed by atoms with Gasteiger partial charge in [0.25, 0.3) is 0 Å². The number of nitro groups is 1. The number of aliphatic imine (C=N–C) groups is 1. The van der Waals surface area contributed by atoms with Crippen molar-refractivity contribution in [3.05, 3.63) is 63.0 Å². The fraction of sp³-hybridized carbons (Fsp3) is 0.0667. The Hall–Kier alpha value is -2.98. The molecule has 0 bridgehead atoms. The Kier molecular flexibility index (Phi) is 5.21. The first-order valence-corrected chi connectivity index (χ1v) is 8.69. The molecule has 0 fully saturated rings. The molecule has 0 saturated carbocycles. The summed E-state index contributed by atoms with van der Waals surface area (Å²) in [5.41, 5.74) is 0.905. The third-order valence-corrected chi connectivity index (χ3v) is 4.68. The number of hydrogen-bond donors (Lipinski definition) is 1. The van der Waals surface area contributed by atoms with Crippen LogP contribution in [0.25, 0.3) is 0 Å². The minimum absolute atomic E-state index is 0.0487. The molecule has 0 spiro atoms. The topological polar surface area (TPSA) is 110 Å². The van der Waals surface area contributed by atoms with Gasteiger partial charge in [0.05, 0.1) is 16.2 Å². The fourth-order valence-corrected chi connectivity index (χ4v) is 3.19. The standard InChI is InChI=1S/C15H11N5O3S2/c21-12(8-10-4-2-1-3-5-10)17-15-19-18-14(25-15)16-9-11-6-7-13(24-11)20(22)23/h1-7,9H,8H2,(H,17,19,21)/b16-9+. The van der Waals surface area contributed by atoms with Gasteiger partial charge in [0.15, 0.2) is 0 Å². The molecule has 126 valence electrons. The molecule has 0 saturated heterocycles. The van der Waals surface area contributed by atoms with E-state index < -0.39 is 4.92 Å². The second-order valence-electron chi connectivity index (χ2n) is 4.79. The fourth-order valence-electron chi connectivity index (χ4n) is 1.89. The van der Waals surface area contributed by atoms with E-state index in [1.807, 2.05) is 30.3 Å². The number of thiophene rings is 1. The molecular weight excluding hydrogens is 362 g/mol. The number of benzene rings is 1. The van der Waals surface area contributed by atoms with Crippen molar-refractivity contribution in [2.75, 3.05) is 5.32 Å². The van der Waals surface area contributed by atoms with Gasteiger partial charge in [-0.3, -0.25) is 14.9 Å². The molecular formula is C15H11N5O3S2. The molecule has 10 heteroatoms. The van der Waals surface area contributed by atoms with Crippen LogP contribution in [0.15, 0.2) is 47.5 Å². The number of anilines is 1. The van der Waals surface area contributed by atoms with E-state index in [0.29, 0.717) is 15.1 Å². The predicted octanol–water partition coefficient (Wildman–Crippen LogP) is 3.44. The Balaban J connectivity index is 1.59. The van der Waals surface area contributed by atoms with Crippen molar-refractivity contribution in [2.24, 2.45) is 4.99 Å². The maximum Gasteiger partial charge on any atom is 0.324 e. The highest BCUT2D eigenvalue weighted by Crippen LogP contribution is 2.25. The average Bonchev–Trinajstić information content (AvgIpc) is 3.23. The zero-order valence-electron chi connectivity index (χ0n) is 12.7. The normalized spacial score (nSPS) is 10.9. The number of nitrogens with zero attached hydrogens (tertiary/aromatic N) is 4. The van der Waals surface area contributed by atoms with E-state index in [2.05, 4.69) is 20.5 Å². The molecule has 8 nitrogen and oxygen atoms in total. The van der Waals surface area contributed by atoms with Crippen LogP contribution in [0, 0.1) is 10.1 Å². The number of hydrogen-bond acceptors (Lipinski definition) is 8. The van der Waals surface area contributed by atoms with Gasteiger partial charge >= 0.3 is 5.00 Å². The van der Waals surface area contributed by atoms with E-state index in [9.17, 15) is 14.9 Å². The second-order valence-corrected chi connectivity index (χ2v) is 6.84. The van der Waals surface area contributed by atoms with E-state index in [0.717, 1.165) is 28.2 Å². The molecule has 25 heavy (non-hydrogen) atoms. The zero-order chi connectivity index (χ0) is 17.6. The summed E-state index contributed by atoms with van der Waals surface area (Å²) in [6.45, 7) is 0. The lowest BCUT2D eigenvalue weighted by Gasteiger charge is -2.00. The third kappa shape index (κ3) is 4.75. The summed E-state index contributed by atoms with van der Waals surface area (Å²) >= 11 is 2.14. The Morgan fingerprint density at radius 2 is 2.00 bits per heavy atom. The van der Waals surface area contributed by atoms with Crippen molar-refractivity contribution >= 4 is 50.1 Å². The maximum atomic E-state index is 12.0. The van der Waals surface area contributed by atoms with Crippen molar-refractivity contribution in [2.45, 2.75) is 6.42 Å². The minimum atomic E-state index is -0.451. The largest absolute Gasteiger partial charge is 0.324 e. The van der Waals surface area contributed by atoms with Gasteiger partial charge in [-0.2, -0.15) is 0 Å². The average molecular weight is 373 g/mol. The van der Waals surface area contributed by atoms with Crippen LogP contribution in [-0.2, 0) is 11.2 Å². The number of aromatic nitrogens is 2. The Morgan fingerprint density at radius 1 is 1.20 bits per heavy atom. The first-order chi connectivity index (χ1) is 12.1. The molecule has 2 heterocycles. The lowest BCUT2D eigenvalue weighted by Crippen LogP contribution is -2.14. The van der Waals surface area contributed by atoms with Crippen molar-refractivity contribution in [3.8, 4) is 0 Å². The highest BCUT2D eigenvalue weighted by molar-refractivity contribution is 7.19. The van der Waals surface area contributed by atoms with Crippen molar-refractivity contribution in [1.82, 2.24) is 10.2 Å². The van der Waals surface area contributed by atoms with Crippen molar-refractivity contribution in [1.29, 1.82) is 0 Å². The highest BCUT2D eigenvalue weighted by atomic mass is 32.1. The number of amides is 1.